The van der Waals surface area contributed by atoms with Gasteiger partial charge in [-0.15, -0.1) is 0 Å². The van der Waals surface area contributed by atoms with E-state index in [-0.39, 0.29) is 18.4 Å². The molecule has 2 amide bonds. The first-order valence-electron chi connectivity index (χ1n) is 12.2. The second-order valence-electron chi connectivity index (χ2n) is 10.4. The number of carboxylic acids is 1. The Bertz CT molecular complexity index is 1100. The Kier molecular flexibility index (Phi) is 6.62. The number of carboxylic acid groups (broad SMARTS) is 1. The summed E-state index contributed by atoms with van der Waals surface area (Å²) in [5.74, 6) is -1.93. The zero-order chi connectivity index (χ0) is 25.4. The molecule has 7 heteroatoms. The molecule has 2 aromatic rings. The predicted octanol–water partition coefficient (Wildman–Crippen LogP) is 4.80. The van der Waals surface area contributed by atoms with Crippen LogP contribution in [-0.2, 0) is 14.3 Å². The fourth-order valence-electron chi connectivity index (χ4n) is 5.40. The highest BCUT2D eigenvalue weighted by Gasteiger charge is 2.47. The lowest BCUT2D eigenvalue weighted by atomic mass is 9.73. The summed E-state index contributed by atoms with van der Waals surface area (Å²) in [6.07, 6.45) is 2.36. The van der Waals surface area contributed by atoms with Crippen molar-refractivity contribution in [3.8, 4) is 11.1 Å². The molecule has 2 aliphatic rings. The molecule has 2 N–H and O–H groups in total. The van der Waals surface area contributed by atoms with Gasteiger partial charge in [-0.25, -0.2) is 9.59 Å². The summed E-state index contributed by atoms with van der Waals surface area (Å²) >= 11 is 0. The van der Waals surface area contributed by atoms with Gasteiger partial charge in [0, 0.05) is 13.0 Å². The average Bonchev–Trinajstić information content (AvgIpc) is 3.15. The first-order chi connectivity index (χ1) is 16.6. The minimum absolute atomic E-state index is 0.0489. The van der Waals surface area contributed by atoms with Gasteiger partial charge in [0.05, 0.1) is 11.5 Å². The van der Waals surface area contributed by atoms with E-state index < -0.39 is 29.1 Å². The molecule has 2 unspecified atom stereocenters. The van der Waals surface area contributed by atoms with Gasteiger partial charge in [-0.05, 0) is 55.9 Å². The van der Waals surface area contributed by atoms with Crippen LogP contribution in [0.25, 0.3) is 11.1 Å². The Hall–Kier alpha value is -3.35. The van der Waals surface area contributed by atoms with Gasteiger partial charge in [-0.1, -0.05) is 61.4 Å². The molecule has 2 aromatic carbocycles. The lowest BCUT2D eigenvalue weighted by molar-refractivity contribution is -0.158. The van der Waals surface area contributed by atoms with Gasteiger partial charge in [0.1, 0.15) is 12.1 Å². The SMILES string of the molecule is CN(C(=O)C1CCCCC1(C)NC(=O)OCC1c2ccccc2-c2ccccc21)C(C)(C)C(=O)O. The van der Waals surface area contributed by atoms with Crippen LogP contribution in [-0.4, -0.2) is 52.7 Å². The van der Waals surface area contributed by atoms with Crippen molar-refractivity contribution in [1.29, 1.82) is 0 Å². The summed E-state index contributed by atoms with van der Waals surface area (Å²) in [5.41, 5.74) is 2.42. The van der Waals surface area contributed by atoms with E-state index >= 15 is 0 Å². The summed E-state index contributed by atoms with van der Waals surface area (Å²) < 4.78 is 5.73. The zero-order valence-electron chi connectivity index (χ0n) is 20.8. The van der Waals surface area contributed by atoms with Crippen LogP contribution < -0.4 is 5.32 Å². The molecule has 0 heterocycles. The molecule has 0 bridgehead atoms. The maximum Gasteiger partial charge on any atom is 0.407 e. The lowest BCUT2D eigenvalue weighted by Gasteiger charge is -2.44. The first kappa shape index (κ1) is 24.8. The van der Waals surface area contributed by atoms with Crippen molar-refractivity contribution >= 4 is 18.0 Å². The summed E-state index contributed by atoms with van der Waals surface area (Å²) in [4.78, 5) is 39.3. The van der Waals surface area contributed by atoms with Crippen molar-refractivity contribution in [1.82, 2.24) is 10.2 Å². The summed E-state index contributed by atoms with van der Waals surface area (Å²) in [5, 5.41) is 12.5. The number of amides is 2. The molecule has 4 rings (SSSR count). The van der Waals surface area contributed by atoms with E-state index in [1.807, 2.05) is 31.2 Å². The third-order valence-corrected chi connectivity index (χ3v) is 7.93. The number of carbonyl (C=O) groups is 3. The maximum absolute atomic E-state index is 13.4. The standard InChI is InChI=1S/C28H34N2O5/c1-27(2,25(32)33)30(4)24(31)23-15-9-10-16-28(23,3)29-26(34)35-17-22-20-13-7-5-11-18(20)19-12-6-8-14-21(19)22/h5-8,11-14,22-23H,9-10,15-17H2,1-4H3,(H,29,34)(H,32,33). The van der Waals surface area contributed by atoms with Gasteiger partial charge >= 0.3 is 12.1 Å². The Balaban J connectivity index is 1.47. The van der Waals surface area contributed by atoms with Crippen molar-refractivity contribution in [2.45, 2.75) is 63.5 Å². The monoisotopic (exact) mass is 478 g/mol. The van der Waals surface area contributed by atoms with E-state index in [0.29, 0.717) is 12.8 Å². The fraction of sp³-hybridized carbons (Fsp3) is 0.464. The molecule has 0 spiro atoms. The number of aliphatic carboxylic acids is 1. The van der Waals surface area contributed by atoms with Crippen LogP contribution in [0, 0.1) is 5.92 Å². The largest absolute Gasteiger partial charge is 0.480 e. The highest BCUT2D eigenvalue weighted by atomic mass is 16.5. The molecule has 35 heavy (non-hydrogen) atoms. The molecule has 186 valence electrons. The molecule has 2 aliphatic carbocycles. The highest BCUT2D eigenvalue weighted by molar-refractivity contribution is 5.88. The van der Waals surface area contributed by atoms with Gasteiger partial charge < -0.3 is 20.1 Å². The number of fused-ring (bicyclic) bond motifs is 3. The van der Waals surface area contributed by atoms with Crippen LogP contribution in [0.2, 0.25) is 0 Å². The molecule has 0 aromatic heterocycles. The molecule has 0 radical (unpaired) electrons. The van der Waals surface area contributed by atoms with Crippen molar-refractivity contribution < 1.29 is 24.2 Å². The first-order valence-corrected chi connectivity index (χ1v) is 12.2. The number of ether oxygens (including phenoxy) is 1. The van der Waals surface area contributed by atoms with Crippen LogP contribution in [0.1, 0.15) is 63.5 Å². The number of alkyl carbamates (subject to hydrolysis) is 1. The van der Waals surface area contributed by atoms with Gasteiger partial charge in [0.25, 0.3) is 0 Å². The van der Waals surface area contributed by atoms with Crippen molar-refractivity contribution in [3.63, 3.8) is 0 Å². The number of carbonyl (C=O) groups excluding carboxylic acids is 2. The Labute approximate surface area is 206 Å². The minimum Gasteiger partial charge on any atom is -0.480 e. The van der Waals surface area contributed by atoms with Crippen LogP contribution >= 0.6 is 0 Å². The van der Waals surface area contributed by atoms with E-state index in [9.17, 15) is 19.5 Å². The molecule has 0 aliphatic heterocycles. The molecule has 2 atom stereocenters. The van der Waals surface area contributed by atoms with E-state index in [2.05, 4.69) is 29.6 Å². The summed E-state index contributed by atoms with van der Waals surface area (Å²) in [6.45, 7) is 5.07. The third-order valence-electron chi connectivity index (χ3n) is 7.93. The number of nitrogens with one attached hydrogen (secondary N) is 1. The topological polar surface area (TPSA) is 95.9 Å². The van der Waals surface area contributed by atoms with Gasteiger partial charge in [0.15, 0.2) is 0 Å². The summed E-state index contributed by atoms with van der Waals surface area (Å²) in [7, 11) is 1.51. The van der Waals surface area contributed by atoms with Crippen LogP contribution in [0.15, 0.2) is 48.5 Å². The number of hydrogen-bond acceptors (Lipinski definition) is 4. The van der Waals surface area contributed by atoms with E-state index in [0.717, 1.165) is 35.1 Å². The van der Waals surface area contributed by atoms with E-state index in [1.165, 1.54) is 25.8 Å². The van der Waals surface area contributed by atoms with Crippen molar-refractivity contribution in [2.75, 3.05) is 13.7 Å². The van der Waals surface area contributed by atoms with Crippen LogP contribution in [0.5, 0.6) is 0 Å². The molecular weight excluding hydrogens is 444 g/mol. The van der Waals surface area contributed by atoms with Gasteiger partial charge in [-0.2, -0.15) is 0 Å². The molecule has 7 nitrogen and oxygen atoms in total. The number of hydrogen-bond donors (Lipinski definition) is 2. The number of likely N-dealkylation sites (N-methyl/N-ethyl adjacent to an activating group) is 1. The van der Waals surface area contributed by atoms with Gasteiger partial charge in [-0.3, -0.25) is 4.79 Å². The van der Waals surface area contributed by atoms with Crippen molar-refractivity contribution in [2.24, 2.45) is 5.92 Å². The quantitative estimate of drug-likeness (QED) is 0.622. The molecule has 1 fully saturated rings. The Morgan fingerprint density at radius 2 is 1.63 bits per heavy atom. The zero-order valence-corrected chi connectivity index (χ0v) is 20.8. The molecular formula is C28H34N2O5. The Morgan fingerprint density at radius 3 is 2.20 bits per heavy atom. The average molecular weight is 479 g/mol. The van der Waals surface area contributed by atoms with Crippen molar-refractivity contribution in [3.05, 3.63) is 59.7 Å². The third kappa shape index (κ3) is 4.51. The Morgan fingerprint density at radius 1 is 1.06 bits per heavy atom. The fourth-order valence-corrected chi connectivity index (χ4v) is 5.40. The van der Waals surface area contributed by atoms with E-state index in [1.54, 1.807) is 0 Å². The van der Waals surface area contributed by atoms with Crippen LogP contribution in [0.3, 0.4) is 0 Å². The second kappa shape index (κ2) is 9.36. The minimum atomic E-state index is -1.35. The lowest BCUT2D eigenvalue weighted by Crippen LogP contribution is -2.61. The number of benzene rings is 2. The molecule has 0 saturated heterocycles. The number of rotatable bonds is 6. The van der Waals surface area contributed by atoms with Gasteiger partial charge in [0.2, 0.25) is 5.91 Å². The van der Waals surface area contributed by atoms with E-state index in [4.69, 9.17) is 4.74 Å². The second-order valence-corrected chi connectivity index (χ2v) is 10.4. The summed E-state index contributed by atoms with van der Waals surface area (Å²) in [6, 6.07) is 16.3. The predicted molar refractivity (Wildman–Crippen MR) is 133 cm³/mol. The normalized spacial score (nSPS) is 21.5. The highest BCUT2D eigenvalue weighted by Crippen LogP contribution is 2.44. The number of nitrogens with zero attached hydrogens (tertiary/aromatic N) is 1. The smallest absolute Gasteiger partial charge is 0.407 e. The maximum atomic E-state index is 13.4. The van der Waals surface area contributed by atoms with Crippen LogP contribution in [0.4, 0.5) is 4.79 Å². The molecule has 1 saturated carbocycles.